The molecule has 35 heavy (non-hydrogen) atoms. The summed E-state index contributed by atoms with van der Waals surface area (Å²) < 4.78 is 5.81. The number of carbonyl (C=O) groups excluding carboxylic acids is 2. The van der Waals surface area contributed by atoms with Crippen LogP contribution in [-0.2, 0) is 9.59 Å². The monoisotopic (exact) mass is 477 g/mol. The normalized spacial score (nSPS) is 14.7. The van der Waals surface area contributed by atoms with Crippen LogP contribution in [0.3, 0.4) is 0 Å². The summed E-state index contributed by atoms with van der Waals surface area (Å²) in [6.45, 7) is 0. The Balaban J connectivity index is 1.38. The molecule has 170 valence electrons. The van der Waals surface area contributed by atoms with Crippen molar-refractivity contribution in [3.8, 4) is 22.8 Å². The van der Waals surface area contributed by atoms with E-state index in [-0.39, 0.29) is 10.7 Å². The predicted molar refractivity (Wildman–Crippen MR) is 139 cm³/mol. The van der Waals surface area contributed by atoms with Gasteiger partial charge in [-0.3, -0.25) is 24.8 Å². The van der Waals surface area contributed by atoms with Crippen LogP contribution in [0.4, 0.5) is 5.69 Å². The van der Waals surface area contributed by atoms with E-state index in [1.807, 2.05) is 72.8 Å². The molecule has 0 unspecified atom stereocenters. The van der Waals surface area contributed by atoms with Gasteiger partial charge >= 0.3 is 0 Å². The minimum Gasteiger partial charge on any atom is -0.457 e. The van der Waals surface area contributed by atoms with Crippen LogP contribution in [0.15, 0.2) is 109 Å². The summed E-state index contributed by atoms with van der Waals surface area (Å²) in [5, 5.41) is 2.64. The molecule has 4 aromatic rings. The molecular formula is C28H19N3O3S. The number of anilines is 1. The number of rotatable bonds is 5. The molecule has 0 saturated carbocycles. The summed E-state index contributed by atoms with van der Waals surface area (Å²) in [6.07, 6.45) is 3.29. The summed E-state index contributed by atoms with van der Waals surface area (Å²) in [5.41, 5.74) is 3.01. The largest absolute Gasteiger partial charge is 0.457 e. The first-order valence-electron chi connectivity index (χ1n) is 10.8. The van der Waals surface area contributed by atoms with Gasteiger partial charge in [-0.1, -0.05) is 48.5 Å². The van der Waals surface area contributed by atoms with Crippen LogP contribution in [0.2, 0.25) is 0 Å². The molecule has 1 fully saturated rings. The summed E-state index contributed by atoms with van der Waals surface area (Å²) in [7, 11) is 0. The molecule has 1 aromatic heterocycles. The zero-order valence-electron chi connectivity index (χ0n) is 18.4. The van der Waals surface area contributed by atoms with Crippen molar-refractivity contribution >= 4 is 40.9 Å². The Hall–Kier alpha value is -4.62. The van der Waals surface area contributed by atoms with Gasteiger partial charge in [-0.2, -0.15) is 0 Å². The molecule has 2 amide bonds. The van der Waals surface area contributed by atoms with Crippen molar-refractivity contribution in [2.75, 3.05) is 4.90 Å². The smallest absolute Gasteiger partial charge is 0.270 e. The summed E-state index contributed by atoms with van der Waals surface area (Å²) >= 11 is 5.30. The van der Waals surface area contributed by atoms with Gasteiger partial charge in [0.1, 0.15) is 17.1 Å². The first kappa shape index (κ1) is 22.2. The average molecular weight is 478 g/mol. The second-order valence-electron chi connectivity index (χ2n) is 7.70. The summed E-state index contributed by atoms with van der Waals surface area (Å²) in [4.78, 5) is 31.5. The van der Waals surface area contributed by atoms with Gasteiger partial charge in [0, 0.05) is 11.8 Å². The van der Waals surface area contributed by atoms with E-state index < -0.39 is 11.8 Å². The quantitative estimate of drug-likeness (QED) is 0.238. The molecular weight excluding hydrogens is 458 g/mol. The SMILES string of the molecule is O=C1NC(=S)N(c2ccc(Oc3ccccc3)cc2)C(=O)C1=Cc1ccc(-c2ccccn2)cc1. The van der Waals surface area contributed by atoms with Crippen LogP contribution in [0.25, 0.3) is 17.3 Å². The summed E-state index contributed by atoms with van der Waals surface area (Å²) in [6, 6.07) is 29.5. The molecule has 0 radical (unpaired) electrons. The Morgan fingerprint density at radius 1 is 0.800 bits per heavy atom. The Morgan fingerprint density at radius 2 is 1.49 bits per heavy atom. The van der Waals surface area contributed by atoms with E-state index >= 15 is 0 Å². The van der Waals surface area contributed by atoms with Gasteiger partial charge in [0.25, 0.3) is 11.8 Å². The number of hydrogen-bond donors (Lipinski definition) is 1. The van der Waals surface area contributed by atoms with E-state index in [1.165, 1.54) is 4.90 Å². The van der Waals surface area contributed by atoms with Crippen molar-refractivity contribution in [1.82, 2.24) is 10.3 Å². The van der Waals surface area contributed by atoms with Gasteiger partial charge in [-0.25, -0.2) is 0 Å². The highest BCUT2D eigenvalue weighted by atomic mass is 32.1. The van der Waals surface area contributed by atoms with Gasteiger partial charge in [-0.15, -0.1) is 0 Å². The zero-order valence-corrected chi connectivity index (χ0v) is 19.2. The van der Waals surface area contributed by atoms with Gasteiger partial charge in [0.15, 0.2) is 5.11 Å². The standard InChI is InChI=1S/C28H19N3O3S/c32-26-24(18-19-9-11-20(12-10-19)25-8-4-5-17-29-25)27(33)31(28(35)30-26)21-13-15-23(16-14-21)34-22-6-2-1-3-7-22/h1-18H,(H,30,32,35). The van der Waals surface area contributed by atoms with Gasteiger partial charge in [-0.05, 0) is 72.4 Å². The van der Waals surface area contributed by atoms with E-state index in [4.69, 9.17) is 17.0 Å². The van der Waals surface area contributed by atoms with Crippen LogP contribution in [-0.4, -0.2) is 21.9 Å². The molecule has 2 heterocycles. The molecule has 3 aromatic carbocycles. The van der Waals surface area contributed by atoms with Crippen LogP contribution in [0, 0.1) is 0 Å². The number of pyridine rings is 1. The fourth-order valence-corrected chi connectivity index (χ4v) is 3.91. The third-order valence-electron chi connectivity index (χ3n) is 5.36. The van der Waals surface area contributed by atoms with Gasteiger partial charge in [0.05, 0.1) is 11.4 Å². The molecule has 5 rings (SSSR count). The fourth-order valence-electron chi connectivity index (χ4n) is 3.63. The molecule has 0 atom stereocenters. The fraction of sp³-hybridized carbons (Fsp3) is 0. The van der Waals surface area contributed by atoms with Crippen molar-refractivity contribution in [2.45, 2.75) is 0 Å². The molecule has 7 heteroatoms. The number of benzene rings is 3. The van der Waals surface area contributed by atoms with Gasteiger partial charge < -0.3 is 4.74 Å². The second-order valence-corrected chi connectivity index (χ2v) is 8.09. The lowest BCUT2D eigenvalue weighted by molar-refractivity contribution is -0.122. The highest BCUT2D eigenvalue weighted by Gasteiger charge is 2.34. The number of amides is 2. The van der Waals surface area contributed by atoms with E-state index in [2.05, 4.69) is 10.3 Å². The third kappa shape index (κ3) is 4.85. The van der Waals surface area contributed by atoms with Crippen LogP contribution in [0.5, 0.6) is 11.5 Å². The summed E-state index contributed by atoms with van der Waals surface area (Å²) in [5.74, 6) is 0.290. The van der Waals surface area contributed by atoms with Crippen molar-refractivity contribution in [3.05, 3.63) is 114 Å². The minimum absolute atomic E-state index is 0.00574. The predicted octanol–water partition coefficient (Wildman–Crippen LogP) is 5.37. The number of hydrogen-bond acceptors (Lipinski definition) is 5. The number of carbonyl (C=O) groups is 2. The van der Waals surface area contributed by atoms with Crippen molar-refractivity contribution in [1.29, 1.82) is 0 Å². The van der Waals surface area contributed by atoms with Crippen molar-refractivity contribution in [2.24, 2.45) is 0 Å². The zero-order chi connectivity index (χ0) is 24.2. The van der Waals surface area contributed by atoms with E-state index in [0.29, 0.717) is 22.7 Å². The maximum atomic E-state index is 13.3. The lowest BCUT2D eigenvalue weighted by Gasteiger charge is -2.29. The van der Waals surface area contributed by atoms with E-state index in [1.54, 1.807) is 36.5 Å². The number of nitrogens with one attached hydrogen (secondary N) is 1. The van der Waals surface area contributed by atoms with Gasteiger partial charge in [0.2, 0.25) is 0 Å². The Labute approximate surface area is 207 Å². The van der Waals surface area contributed by atoms with Crippen LogP contribution >= 0.6 is 12.2 Å². The molecule has 0 spiro atoms. The molecule has 1 saturated heterocycles. The lowest BCUT2D eigenvalue weighted by Crippen LogP contribution is -2.54. The highest BCUT2D eigenvalue weighted by Crippen LogP contribution is 2.27. The van der Waals surface area contributed by atoms with Crippen molar-refractivity contribution < 1.29 is 14.3 Å². The first-order chi connectivity index (χ1) is 17.1. The topological polar surface area (TPSA) is 71.5 Å². The number of nitrogens with zero attached hydrogens (tertiary/aromatic N) is 2. The maximum Gasteiger partial charge on any atom is 0.270 e. The number of para-hydroxylation sites is 1. The number of thiocarbonyl (C=S) groups is 1. The second kappa shape index (κ2) is 9.70. The highest BCUT2D eigenvalue weighted by molar-refractivity contribution is 7.80. The van der Waals surface area contributed by atoms with E-state index in [9.17, 15) is 9.59 Å². The maximum absolute atomic E-state index is 13.3. The minimum atomic E-state index is -0.533. The Kier molecular flexibility index (Phi) is 6.15. The Bertz CT molecular complexity index is 1420. The average Bonchev–Trinajstić information content (AvgIpc) is 2.89. The molecule has 0 aliphatic carbocycles. The molecule has 1 N–H and O–H groups in total. The third-order valence-corrected chi connectivity index (χ3v) is 5.64. The van der Waals surface area contributed by atoms with E-state index in [0.717, 1.165) is 11.3 Å². The number of ether oxygens (including phenoxy) is 1. The molecule has 1 aliphatic heterocycles. The van der Waals surface area contributed by atoms with Crippen LogP contribution in [0.1, 0.15) is 5.56 Å². The lowest BCUT2D eigenvalue weighted by atomic mass is 10.0. The number of aromatic nitrogens is 1. The molecule has 6 nitrogen and oxygen atoms in total. The van der Waals surface area contributed by atoms with Crippen LogP contribution < -0.4 is 15.0 Å². The first-order valence-corrected chi connectivity index (χ1v) is 11.3. The van der Waals surface area contributed by atoms with Crippen molar-refractivity contribution in [3.63, 3.8) is 0 Å². The molecule has 0 bridgehead atoms. The Morgan fingerprint density at radius 3 is 2.17 bits per heavy atom. The molecule has 1 aliphatic rings.